The van der Waals surface area contributed by atoms with Crippen molar-refractivity contribution in [1.29, 1.82) is 0 Å². The van der Waals surface area contributed by atoms with Gasteiger partial charge in [0.25, 0.3) is 0 Å². The van der Waals surface area contributed by atoms with Gasteiger partial charge in [-0.2, -0.15) is 0 Å². The number of hydrogen-bond donors (Lipinski definition) is 0. The number of rotatable bonds is 9. The van der Waals surface area contributed by atoms with Crippen molar-refractivity contribution in [3.05, 3.63) is 255 Å². The molecule has 0 bridgehead atoms. The van der Waals surface area contributed by atoms with E-state index >= 15 is 0 Å². The van der Waals surface area contributed by atoms with Crippen LogP contribution in [0.4, 0.5) is 0 Å². The number of benzene rings is 10. The zero-order valence-corrected chi connectivity index (χ0v) is 38.4. The monoisotopic (exact) mass is 898 g/mol. The van der Waals surface area contributed by atoms with Crippen LogP contribution in [0.15, 0.2) is 259 Å². The van der Waals surface area contributed by atoms with E-state index in [4.69, 9.17) is 19.4 Å². The first-order valence-corrected chi connectivity index (χ1v) is 25.3. The first-order chi connectivity index (χ1) is 34.2. The van der Waals surface area contributed by atoms with E-state index in [1.165, 1.54) is 31.5 Å². The molecule has 0 saturated heterocycles. The van der Waals surface area contributed by atoms with Crippen LogP contribution in [0.25, 0.3) is 94.7 Å². The summed E-state index contributed by atoms with van der Waals surface area (Å²) >= 11 is 0. The van der Waals surface area contributed by atoms with Crippen LogP contribution in [-0.4, -0.2) is 27.6 Å². The van der Waals surface area contributed by atoms with Crippen LogP contribution in [0.3, 0.4) is 0 Å². The molecule has 0 fully saturated rings. The molecular weight excluding hydrogens is 857 g/mol. The normalized spacial score (nSPS) is 11.8. The van der Waals surface area contributed by atoms with Crippen molar-refractivity contribution in [2.24, 2.45) is 0 Å². The minimum atomic E-state index is -2.85. The summed E-state index contributed by atoms with van der Waals surface area (Å²) in [7, 11) is -2.85. The van der Waals surface area contributed by atoms with E-state index in [-0.39, 0.29) is 0 Å². The average molecular weight is 899 g/mol. The van der Waals surface area contributed by atoms with Gasteiger partial charge in [-0.15, -0.1) is 0 Å². The maximum atomic E-state index is 6.19. The Morgan fingerprint density at radius 3 is 1.33 bits per heavy atom. The summed E-state index contributed by atoms with van der Waals surface area (Å²) < 4.78 is 8.53. The Bertz CT molecular complexity index is 3860. The number of para-hydroxylation sites is 3. The van der Waals surface area contributed by atoms with Crippen LogP contribution < -0.4 is 20.7 Å². The number of fused-ring (bicyclic) bond motifs is 6. The molecule has 0 N–H and O–H groups in total. The summed E-state index contributed by atoms with van der Waals surface area (Å²) in [5.41, 5.74) is 10.0. The lowest BCUT2D eigenvalue weighted by Gasteiger charge is -2.34. The van der Waals surface area contributed by atoms with Gasteiger partial charge in [0.1, 0.15) is 11.2 Å². The minimum absolute atomic E-state index is 0.598. The lowest BCUT2D eigenvalue weighted by Crippen LogP contribution is -2.74. The quantitative estimate of drug-likeness (QED) is 0.107. The molecule has 69 heavy (non-hydrogen) atoms. The summed E-state index contributed by atoms with van der Waals surface area (Å²) in [4.78, 5) is 16.0. The highest BCUT2D eigenvalue weighted by molar-refractivity contribution is 7.19. The summed E-state index contributed by atoms with van der Waals surface area (Å²) in [5, 5.41) is 9.79. The average Bonchev–Trinajstić information content (AvgIpc) is 3.98. The molecule has 3 aromatic heterocycles. The molecule has 3 heterocycles. The standard InChI is InChI=1S/C63H42N4OSi/c1-4-21-49(22-5-1)69(50-23-6-2-7-24-50,51-25-8-3-9-26-51)52-27-17-20-47(41-52)63-65-61(43-34-37-48(38-35-43)67-57-31-13-10-28-53(57)54-29-11-14-32-58(54)67)64-62(66-63)46-19-16-18-44(40-46)45-36-39-60-56(42-45)55-30-12-15-33-59(55)68-60/h1-42H. The summed E-state index contributed by atoms with van der Waals surface area (Å²) in [5.74, 6) is 1.81. The van der Waals surface area contributed by atoms with Crippen LogP contribution in [0, 0.1) is 0 Å². The van der Waals surface area contributed by atoms with E-state index < -0.39 is 8.07 Å². The van der Waals surface area contributed by atoms with Gasteiger partial charge in [0.2, 0.25) is 0 Å². The number of hydrogen-bond acceptors (Lipinski definition) is 4. The number of aromatic nitrogens is 4. The molecule has 0 aliphatic heterocycles. The van der Waals surface area contributed by atoms with Gasteiger partial charge in [0.05, 0.1) is 11.0 Å². The molecule has 0 radical (unpaired) electrons. The first kappa shape index (κ1) is 40.3. The summed E-state index contributed by atoms with van der Waals surface area (Å²) in [6, 6.07) is 90.9. The Kier molecular flexibility index (Phi) is 9.77. The van der Waals surface area contributed by atoms with E-state index in [1.807, 2.05) is 12.1 Å². The van der Waals surface area contributed by atoms with Crippen LogP contribution >= 0.6 is 0 Å². The third kappa shape index (κ3) is 6.88. The number of furan rings is 1. The van der Waals surface area contributed by atoms with Crippen molar-refractivity contribution in [1.82, 2.24) is 19.5 Å². The third-order valence-corrected chi connectivity index (χ3v) is 18.4. The predicted molar refractivity (Wildman–Crippen MR) is 287 cm³/mol. The van der Waals surface area contributed by atoms with Gasteiger partial charge in [-0.1, -0.05) is 194 Å². The molecule has 10 aromatic carbocycles. The largest absolute Gasteiger partial charge is 0.456 e. The SMILES string of the molecule is c1ccc([Si](c2ccccc2)(c2ccccc2)c2cccc(-c3nc(-c4ccc(-n5c6ccccc6c6ccccc65)cc4)nc(-c4cccc(-c5ccc6oc7ccccc7c6c5)c4)n3)c2)cc1. The van der Waals surface area contributed by atoms with E-state index in [0.29, 0.717) is 17.5 Å². The van der Waals surface area contributed by atoms with Gasteiger partial charge in [0, 0.05) is 43.9 Å². The van der Waals surface area contributed by atoms with Crippen LogP contribution in [0.5, 0.6) is 0 Å². The van der Waals surface area contributed by atoms with Crippen LogP contribution in [0.1, 0.15) is 0 Å². The molecule has 0 unspecified atom stereocenters. The summed E-state index contributed by atoms with van der Waals surface area (Å²) in [6.07, 6.45) is 0. The van der Waals surface area contributed by atoms with Crippen molar-refractivity contribution in [2.45, 2.75) is 0 Å². The molecule has 13 aromatic rings. The van der Waals surface area contributed by atoms with Crippen LogP contribution in [-0.2, 0) is 0 Å². The zero-order chi connectivity index (χ0) is 45.7. The van der Waals surface area contributed by atoms with E-state index in [9.17, 15) is 0 Å². The fourth-order valence-electron chi connectivity index (χ4n) is 10.4. The second-order valence-electron chi connectivity index (χ2n) is 17.5. The maximum Gasteiger partial charge on any atom is 0.179 e. The topological polar surface area (TPSA) is 56.7 Å². The number of nitrogens with zero attached hydrogens (tertiary/aromatic N) is 4. The Labute approximate surface area is 400 Å². The zero-order valence-electron chi connectivity index (χ0n) is 37.4. The summed E-state index contributed by atoms with van der Waals surface area (Å²) in [6.45, 7) is 0. The Morgan fingerprint density at radius 1 is 0.290 bits per heavy atom. The highest BCUT2D eigenvalue weighted by atomic mass is 28.3. The van der Waals surface area contributed by atoms with Gasteiger partial charge in [0.15, 0.2) is 25.5 Å². The molecule has 6 heteroatoms. The fraction of sp³-hybridized carbons (Fsp3) is 0. The minimum Gasteiger partial charge on any atom is -0.456 e. The smallest absolute Gasteiger partial charge is 0.179 e. The van der Waals surface area contributed by atoms with E-state index in [1.54, 1.807) is 0 Å². The molecule has 0 atom stereocenters. The third-order valence-electron chi connectivity index (χ3n) is 13.6. The molecule has 0 spiro atoms. The lowest BCUT2D eigenvalue weighted by atomic mass is 10.0. The fourth-order valence-corrected chi connectivity index (χ4v) is 15.2. The maximum absolute atomic E-state index is 6.19. The Hall–Kier alpha value is -8.97. The molecule has 0 aliphatic rings. The second-order valence-corrected chi connectivity index (χ2v) is 21.4. The second kappa shape index (κ2) is 16.7. The molecular formula is C63H42N4OSi. The Balaban J connectivity index is 0.985. The van der Waals surface area contributed by atoms with Crippen molar-refractivity contribution in [3.8, 4) is 51.0 Å². The van der Waals surface area contributed by atoms with Gasteiger partial charge in [-0.3, -0.25) is 0 Å². The predicted octanol–water partition coefficient (Wildman–Crippen LogP) is 12.9. The van der Waals surface area contributed by atoms with Gasteiger partial charge < -0.3 is 8.98 Å². The van der Waals surface area contributed by atoms with Crippen molar-refractivity contribution < 1.29 is 4.42 Å². The lowest BCUT2D eigenvalue weighted by molar-refractivity contribution is 0.669. The molecule has 13 rings (SSSR count). The van der Waals surface area contributed by atoms with Gasteiger partial charge in [-0.05, 0) is 92.5 Å². The van der Waals surface area contributed by atoms with Gasteiger partial charge in [-0.25, -0.2) is 15.0 Å². The van der Waals surface area contributed by atoms with Crippen molar-refractivity contribution in [3.63, 3.8) is 0 Å². The molecule has 324 valence electrons. The highest BCUT2D eigenvalue weighted by Crippen LogP contribution is 2.35. The van der Waals surface area contributed by atoms with Gasteiger partial charge >= 0.3 is 0 Å². The molecule has 0 aliphatic carbocycles. The van der Waals surface area contributed by atoms with Crippen molar-refractivity contribution >= 4 is 72.6 Å². The van der Waals surface area contributed by atoms with Crippen molar-refractivity contribution in [2.75, 3.05) is 0 Å². The van der Waals surface area contributed by atoms with E-state index in [2.05, 4.69) is 247 Å². The van der Waals surface area contributed by atoms with Crippen LogP contribution in [0.2, 0.25) is 0 Å². The van der Waals surface area contributed by atoms with E-state index in [0.717, 1.165) is 66.5 Å². The molecule has 5 nitrogen and oxygen atoms in total. The highest BCUT2D eigenvalue weighted by Gasteiger charge is 2.41. The molecule has 0 saturated carbocycles. The Morgan fingerprint density at radius 2 is 0.725 bits per heavy atom. The first-order valence-electron chi connectivity index (χ1n) is 23.3. The molecule has 0 amide bonds.